The Morgan fingerprint density at radius 2 is 2.00 bits per heavy atom. The van der Waals surface area contributed by atoms with Crippen molar-refractivity contribution in [2.24, 2.45) is 17.8 Å². The predicted octanol–water partition coefficient (Wildman–Crippen LogP) is 4.22. The van der Waals surface area contributed by atoms with Crippen molar-refractivity contribution in [2.45, 2.75) is 88.8 Å². The number of unbranched alkanes of at least 4 members (excludes halogenated alkanes) is 1. The van der Waals surface area contributed by atoms with Gasteiger partial charge < -0.3 is 15.1 Å². The van der Waals surface area contributed by atoms with E-state index in [4.69, 9.17) is 0 Å². The van der Waals surface area contributed by atoms with Crippen LogP contribution in [0.2, 0.25) is 0 Å². The van der Waals surface area contributed by atoms with Gasteiger partial charge in [0.1, 0.15) is 0 Å². The largest absolute Gasteiger partial charge is 0.392 e. The van der Waals surface area contributed by atoms with Crippen LogP contribution in [0.4, 0.5) is 0 Å². The highest BCUT2D eigenvalue weighted by molar-refractivity contribution is 5.75. The van der Waals surface area contributed by atoms with Crippen LogP contribution in [-0.2, 0) is 4.79 Å². The van der Waals surface area contributed by atoms with Gasteiger partial charge in [-0.25, -0.2) is 0 Å². The van der Waals surface area contributed by atoms with Gasteiger partial charge in [0.05, 0.1) is 11.7 Å². The molecule has 3 rings (SSSR count). The van der Waals surface area contributed by atoms with Gasteiger partial charge in [0, 0.05) is 26.4 Å². The fourth-order valence-electron chi connectivity index (χ4n) is 5.50. The van der Waals surface area contributed by atoms with E-state index in [2.05, 4.69) is 18.2 Å². The average Bonchev–Trinajstić information content (AvgIpc) is 3.16. The summed E-state index contributed by atoms with van der Waals surface area (Å²) < 4.78 is 0. The minimum Gasteiger partial charge on any atom is -0.392 e. The zero-order chi connectivity index (χ0) is 20.1. The topological polar surface area (TPSA) is 60.8 Å². The molecule has 0 aromatic carbocycles. The summed E-state index contributed by atoms with van der Waals surface area (Å²) in [7, 11) is 3.63. The molecule has 2 saturated carbocycles. The van der Waals surface area contributed by atoms with E-state index in [0.29, 0.717) is 18.3 Å². The van der Waals surface area contributed by atoms with Crippen molar-refractivity contribution in [1.29, 1.82) is 0 Å². The highest BCUT2D eigenvalue weighted by atomic mass is 16.3. The highest BCUT2D eigenvalue weighted by Crippen LogP contribution is 2.48. The Balaban J connectivity index is 1.44. The minimum absolute atomic E-state index is 0.213. The zero-order valence-electron chi connectivity index (χ0n) is 17.8. The zero-order valence-corrected chi connectivity index (χ0v) is 17.8. The molecule has 0 aromatic rings. The number of fused-ring (bicyclic) bond motifs is 1. The average molecular weight is 390 g/mol. The SMILES string of the molecule is CN(C)C(=O)CCCCC1=C[C@H]2C[C@@H](O)C(/C=C/CC3(O)CCCCC3)C2C1. The van der Waals surface area contributed by atoms with E-state index in [1.54, 1.807) is 4.90 Å². The molecule has 0 aromatic heterocycles. The molecule has 28 heavy (non-hydrogen) atoms. The second-order valence-electron chi connectivity index (χ2n) is 9.65. The third kappa shape index (κ3) is 5.48. The summed E-state index contributed by atoms with van der Waals surface area (Å²) in [5.41, 5.74) is 1.00. The van der Waals surface area contributed by atoms with Crippen LogP contribution in [0, 0.1) is 17.8 Å². The van der Waals surface area contributed by atoms with Crippen molar-refractivity contribution in [3.05, 3.63) is 23.8 Å². The van der Waals surface area contributed by atoms with Crippen LogP contribution in [0.5, 0.6) is 0 Å². The molecule has 3 aliphatic rings. The summed E-state index contributed by atoms with van der Waals surface area (Å²) in [5, 5.41) is 21.2. The van der Waals surface area contributed by atoms with Gasteiger partial charge in [-0.05, 0) is 63.2 Å². The molecule has 0 saturated heterocycles. The van der Waals surface area contributed by atoms with Crippen LogP contribution in [-0.4, -0.2) is 46.8 Å². The van der Waals surface area contributed by atoms with E-state index in [9.17, 15) is 15.0 Å². The minimum atomic E-state index is -0.513. The van der Waals surface area contributed by atoms with Gasteiger partial charge in [-0.15, -0.1) is 0 Å². The fraction of sp³-hybridized carbons (Fsp3) is 0.792. The fourth-order valence-corrected chi connectivity index (χ4v) is 5.50. The Hall–Kier alpha value is -1.13. The first-order valence-electron chi connectivity index (χ1n) is 11.3. The summed E-state index contributed by atoms with van der Waals surface area (Å²) in [6.45, 7) is 0. The van der Waals surface area contributed by atoms with Crippen LogP contribution < -0.4 is 0 Å². The molecule has 2 unspecified atom stereocenters. The molecular formula is C24H39NO3. The molecule has 4 atom stereocenters. The number of hydrogen-bond acceptors (Lipinski definition) is 3. The third-order valence-electron chi connectivity index (χ3n) is 7.23. The lowest BCUT2D eigenvalue weighted by molar-refractivity contribution is -0.128. The standard InChI is InChI=1S/C24H39NO3/c1-25(2)23(27)11-5-4-9-18-15-19-17-22(26)20(21(19)16-18)10-8-14-24(28)12-6-3-7-13-24/h8,10,15,19-22,26,28H,3-7,9,11-14,16-17H2,1-2H3/b10-8+/t19-,20?,21?,22+/m0/s1. The van der Waals surface area contributed by atoms with Gasteiger partial charge >= 0.3 is 0 Å². The maximum absolute atomic E-state index is 11.7. The van der Waals surface area contributed by atoms with Crippen molar-refractivity contribution in [2.75, 3.05) is 14.1 Å². The lowest BCUT2D eigenvalue weighted by atomic mass is 9.81. The van der Waals surface area contributed by atoms with Gasteiger partial charge in [0.2, 0.25) is 5.91 Å². The molecular weight excluding hydrogens is 350 g/mol. The highest BCUT2D eigenvalue weighted by Gasteiger charge is 2.43. The van der Waals surface area contributed by atoms with Crippen molar-refractivity contribution >= 4 is 5.91 Å². The van der Waals surface area contributed by atoms with Crippen molar-refractivity contribution in [3.8, 4) is 0 Å². The third-order valence-corrected chi connectivity index (χ3v) is 7.23. The number of carbonyl (C=O) groups excluding carboxylic acids is 1. The van der Waals surface area contributed by atoms with Gasteiger partial charge in [-0.3, -0.25) is 4.79 Å². The summed E-state index contributed by atoms with van der Waals surface area (Å²) in [6, 6.07) is 0. The second kappa shape index (κ2) is 9.58. The summed E-state index contributed by atoms with van der Waals surface area (Å²) >= 11 is 0. The van der Waals surface area contributed by atoms with E-state index < -0.39 is 5.60 Å². The Labute approximate surface area is 170 Å². The quantitative estimate of drug-likeness (QED) is 0.483. The van der Waals surface area contributed by atoms with Crippen LogP contribution in [0.15, 0.2) is 23.8 Å². The number of amides is 1. The first-order chi connectivity index (χ1) is 13.4. The maximum Gasteiger partial charge on any atom is 0.222 e. The maximum atomic E-state index is 11.7. The Morgan fingerprint density at radius 1 is 1.25 bits per heavy atom. The molecule has 158 valence electrons. The normalized spacial score (nSPS) is 31.8. The molecule has 0 heterocycles. The molecule has 4 nitrogen and oxygen atoms in total. The monoisotopic (exact) mass is 389 g/mol. The Bertz CT molecular complexity index is 589. The summed E-state index contributed by atoms with van der Waals surface area (Å²) in [6.07, 6.45) is 18.3. The number of carbonyl (C=O) groups is 1. The van der Waals surface area contributed by atoms with Gasteiger partial charge in [-0.1, -0.05) is 43.1 Å². The molecule has 2 fully saturated rings. The summed E-state index contributed by atoms with van der Waals surface area (Å²) in [5.74, 6) is 1.46. The number of aliphatic hydroxyl groups is 2. The predicted molar refractivity (Wildman–Crippen MR) is 113 cm³/mol. The van der Waals surface area contributed by atoms with E-state index in [-0.39, 0.29) is 17.9 Å². The van der Waals surface area contributed by atoms with Crippen LogP contribution in [0.3, 0.4) is 0 Å². The lowest BCUT2D eigenvalue weighted by Crippen LogP contribution is -2.30. The van der Waals surface area contributed by atoms with Crippen LogP contribution >= 0.6 is 0 Å². The molecule has 2 N–H and O–H groups in total. The van der Waals surface area contributed by atoms with E-state index >= 15 is 0 Å². The first kappa shape index (κ1) is 21.6. The first-order valence-corrected chi connectivity index (χ1v) is 11.3. The number of aliphatic hydroxyl groups excluding tert-OH is 1. The molecule has 0 spiro atoms. The van der Waals surface area contributed by atoms with E-state index in [1.165, 1.54) is 12.0 Å². The molecule has 4 heteroatoms. The number of rotatable bonds is 8. The number of nitrogens with zero attached hydrogens (tertiary/aromatic N) is 1. The lowest BCUT2D eigenvalue weighted by Gasteiger charge is -2.31. The van der Waals surface area contributed by atoms with Gasteiger partial charge in [0.15, 0.2) is 0 Å². The van der Waals surface area contributed by atoms with Gasteiger partial charge in [0.25, 0.3) is 0 Å². The second-order valence-corrected chi connectivity index (χ2v) is 9.65. The van der Waals surface area contributed by atoms with E-state index in [0.717, 1.165) is 64.2 Å². The van der Waals surface area contributed by atoms with Crippen molar-refractivity contribution < 1.29 is 15.0 Å². The van der Waals surface area contributed by atoms with Crippen LogP contribution in [0.1, 0.15) is 77.0 Å². The number of hydrogen-bond donors (Lipinski definition) is 2. The van der Waals surface area contributed by atoms with Crippen molar-refractivity contribution in [3.63, 3.8) is 0 Å². The molecule has 0 radical (unpaired) electrons. The van der Waals surface area contributed by atoms with E-state index in [1.807, 2.05) is 14.1 Å². The molecule has 3 aliphatic carbocycles. The molecule has 1 amide bonds. The number of allylic oxidation sites excluding steroid dienone is 2. The molecule has 0 aliphatic heterocycles. The molecule has 0 bridgehead atoms. The van der Waals surface area contributed by atoms with Crippen LogP contribution in [0.25, 0.3) is 0 Å². The smallest absolute Gasteiger partial charge is 0.222 e. The van der Waals surface area contributed by atoms with Gasteiger partial charge in [-0.2, -0.15) is 0 Å². The summed E-state index contributed by atoms with van der Waals surface area (Å²) in [4.78, 5) is 13.3. The van der Waals surface area contributed by atoms with Crippen molar-refractivity contribution in [1.82, 2.24) is 4.90 Å². The Morgan fingerprint density at radius 3 is 2.71 bits per heavy atom. The Kier molecular flexibility index (Phi) is 7.38.